The molecule has 0 saturated heterocycles. The minimum absolute atomic E-state index is 0.529. The maximum atomic E-state index is 10.7. The molecule has 0 aliphatic heterocycles. The smallest absolute Gasteiger partial charge is 0.316 e. The summed E-state index contributed by atoms with van der Waals surface area (Å²) in [7, 11) is 0. The van der Waals surface area contributed by atoms with Crippen LogP contribution in [-0.4, -0.2) is 12.1 Å². The minimum Gasteiger partial charge on any atom is -0.382 e. The first-order valence-electron chi connectivity index (χ1n) is 7.10. The van der Waals surface area contributed by atoms with Crippen LogP contribution in [0.1, 0.15) is 39.0 Å². The Kier molecular flexibility index (Phi) is 4.66. The number of hydrogen-bond donors (Lipinski definition) is 3. The molecule has 1 aliphatic rings. The van der Waals surface area contributed by atoms with Gasteiger partial charge in [0.25, 0.3) is 0 Å². The molecule has 4 N–H and O–H groups in total. The largest absolute Gasteiger partial charge is 0.382 e. The standard InChI is InChI=1S/C15H23N3O/c1-2-11-4-3-5-14(10-11)17-12-6-8-13(9-7-12)18-15(16)19/h6-9,11,14,17H,2-5,10H2,1H3,(H3,16,18,19). The number of carbonyl (C=O) groups is 1. The third kappa shape index (κ3) is 4.16. The average Bonchev–Trinajstić information content (AvgIpc) is 2.41. The predicted octanol–water partition coefficient (Wildman–Crippen LogP) is 3.56. The van der Waals surface area contributed by atoms with Gasteiger partial charge in [0, 0.05) is 17.4 Å². The first-order valence-corrected chi connectivity index (χ1v) is 7.10. The van der Waals surface area contributed by atoms with Crippen LogP contribution < -0.4 is 16.4 Å². The van der Waals surface area contributed by atoms with Crippen LogP contribution in [0, 0.1) is 5.92 Å². The van der Waals surface area contributed by atoms with Crippen molar-refractivity contribution in [3.05, 3.63) is 24.3 Å². The van der Waals surface area contributed by atoms with Crippen molar-refractivity contribution in [3.8, 4) is 0 Å². The number of hydrogen-bond acceptors (Lipinski definition) is 2. The van der Waals surface area contributed by atoms with Crippen LogP contribution >= 0.6 is 0 Å². The first-order chi connectivity index (χ1) is 9.17. The highest BCUT2D eigenvalue weighted by Gasteiger charge is 2.20. The maximum absolute atomic E-state index is 10.7. The van der Waals surface area contributed by atoms with Crippen LogP contribution in [0.25, 0.3) is 0 Å². The van der Waals surface area contributed by atoms with Crippen LogP contribution in [0.4, 0.5) is 16.2 Å². The molecule has 2 unspecified atom stereocenters. The lowest BCUT2D eigenvalue weighted by atomic mass is 9.84. The molecule has 0 heterocycles. The molecule has 4 nitrogen and oxygen atoms in total. The third-order valence-corrected chi connectivity index (χ3v) is 3.88. The van der Waals surface area contributed by atoms with Crippen molar-refractivity contribution in [1.29, 1.82) is 0 Å². The zero-order chi connectivity index (χ0) is 13.7. The van der Waals surface area contributed by atoms with Crippen LogP contribution in [0.3, 0.4) is 0 Å². The average molecular weight is 261 g/mol. The van der Waals surface area contributed by atoms with Gasteiger partial charge in [-0.25, -0.2) is 4.79 Å². The fourth-order valence-corrected chi connectivity index (χ4v) is 2.82. The van der Waals surface area contributed by atoms with Gasteiger partial charge in [0.2, 0.25) is 0 Å². The van der Waals surface area contributed by atoms with E-state index in [0.717, 1.165) is 17.3 Å². The summed E-state index contributed by atoms with van der Waals surface area (Å²) >= 11 is 0. The summed E-state index contributed by atoms with van der Waals surface area (Å²) in [6.45, 7) is 2.28. The van der Waals surface area contributed by atoms with Gasteiger partial charge in [0.15, 0.2) is 0 Å². The van der Waals surface area contributed by atoms with Gasteiger partial charge in [-0.05, 0) is 43.0 Å². The molecule has 2 amide bonds. The van der Waals surface area contributed by atoms with Gasteiger partial charge < -0.3 is 16.4 Å². The molecule has 0 aromatic heterocycles. The molecule has 4 heteroatoms. The molecule has 1 aromatic rings. The van der Waals surface area contributed by atoms with Crippen LogP contribution in [0.15, 0.2) is 24.3 Å². The second-order valence-corrected chi connectivity index (χ2v) is 5.35. The molecule has 0 spiro atoms. The van der Waals surface area contributed by atoms with Gasteiger partial charge >= 0.3 is 6.03 Å². The Morgan fingerprint density at radius 3 is 2.58 bits per heavy atom. The molecule has 0 bridgehead atoms. The van der Waals surface area contributed by atoms with E-state index in [1.165, 1.54) is 32.1 Å². The van der Waals surface area contributed by atoms with Crippen molar-refractivity contribution in [2.24, 2.45) is 11.7 Å². The van der Waals surface area contributed by atoms with Gasteiger partial charge in [-0.1, -0.05) is 26.2 Å². The van der Waals surface area contributed by atoms with Gasteiger partial charge in [0.1, 0.15) is 0 Å². The van der Waals surface area contributed by atoms with Gasteiger partial charge in [-0.15, -0.1) is 0 Å². The van der Waals surface area contributed by atoms with E-state index in [4.69, 9.17) is 5.73 Å². The highest BCUT2D eigenvalue weighted by atomic mass is 16.2. The van der Waals surface area contributed by atoms with Crippen molar-refractivity contribution in [1.82, 2.24) is 0 Å². The first kappa shape index (κ1) is 13.7. The molecule has 0 radical (unpaired) electrons. The van der Waals surface area contributed by atoms with E-state index in [0.29, 0.717) is 6.04 Å². The Bertz CT molecular complexity index is 416. The summed E-state index contributed by atoms with van der Waals surface area (Å²) in [5.74, 6) is 0.863. The molecule has 1 fully saturated rings. The molecule has 104 valence electrons. The highest BCUT2D eigenvalue weighted by Crippen LogP contribution is 2.28. The van der Waals surface area contributed by atoms with Crippen LogP contribution in [-0.2, 0) is 0 Å². The number of carbonyl (C=O) groups excluding carboxylic acids is 1. The topological polar surface area (TPSA) is 67.2 Å². The quantitative estimate of drug-likeness (QED) is 0.775. The second kappa shape index (κ2) is 6.45. The zero-order valence-electron chi connectivity index (χ0n) is 11.5. The Hall–Kier alpha value is -1.71. The summed E-state index contributed by atoms with van der Waals surface area (Å²) in [6, 6.07) is 7.76. The Labute approximate surface area is 114 Å². The van der Waals surface area contributed by atoms with Gasteiger partial charge in [-0.3, -0.25) is 0 Å². The molecule has 1 aliphatic carbocycles. The fraction of sp³-hybridized carbons (Fsp3) is 0.533. The maximum Gasteiger partial charge on any atom is 0.316 e. The van der Waals surface area contributed by atoms with E-state index < -0.39 is 6.03 Å². The Balaban J connectivity index is 1.90. The lowest BCUT2D eigenvalue weighted by Crippen LogP contribution is -2.27. The highest BCUT2D eigenvalue weighted by molar-refractivity contribution is 5.87. The van der Waals surface area contributed by atoms with Gasteiger partial charge in [0.05, 0.1) is 0 Å². The number of rotatable bonds is 4. The number of amides is 2. The van der Waals surface area contributed by atoms with E-state index in [1.54, 1.807) is 0 Å². The number of nitrogens with one attached hydrogen (secondary N) is 2. The predicted molar refractivity (Wildman–Crippen MR) is 79.3 cm³/mol. The number of nitrogens with two attached hydrogens (primary N) is 1. The van der Waals surface area contributed by atoms with Crippen molar-refractivity contribution < 1.29 is 4.79 Å². The zero-order valence-corrected chi connectivity index (χ0v) is 11.5. The molecular weight excluding hydrogens is 238 g/mol. The Morgan fingerprint density at radius 1 is 1.26 bits per heavy atom. The lowest BCUT2D eigenvalue weighted by molar-refractivity contribution is 0.259. The summed E-state index contributed by atoms with van der Waals surface area (Å²) in [5.41, 5.74) is 6.91. The van der Waals surface area contributed by atoms with E-state index in [9.17, 15) is 4.79 Å². The Morgan fingerprint density at radius 2 is 1.95 bits per heavy atom. The molecular formula is C15H23N3O. The normalized spacial score (nSPS) is 22.8. The SMILES string of the molecule is CCC1CCCC(Nc2ccc(NC(N)=O)cc2)C1. The fourth-order valence-electron chi connectivity index (χ4n) is 2.82. The minimum atomic E-state index is -0.529. The van der Waals surface area contributed by atoms with Crippen molar-refractivity contribution in [2.45, 2.75) is 45.1 Å². The summed E-state index contributed by atoms with van der Waals surface area (Å²) in [6.07, 6.45) is 6.48. The summed E-state index contributed by atoms with van der Waals surface area (Å²) < 4.78 is 0. The number of urea groups is 1. The summed E-state index contributed by atoms with van der Waals surface area (Å²) in [4.78, 5) is 10.7. The van der Waals surface area contributed by atoms with Gasteiger partial charge in [-0.2, -0.15) is 0 Å². The van der Waals surface area contributed by atoms with E-state index in [-0.39, 0.29) is 0 Å². The molecule has 2 atom stereocenters. The second-order valence-electron chi connectivity index (χ2n) is 5.35. The van der Waals surface area contributed by atoms with E-state index in [1.807, 2.05) is 24.3 Å². The molecule has 2 rings (SSSR count). The van der Waals surface area contributed by atoms with E-state index >= 15 is 0 Å². The number of primary amides is 1. The monoisotopic (exact) mass is 261 g/mol. The van der Waals surface area contributed by atoms with Crippen molar-refractivity contribution in [2.75, 3.05) is 10.6 Å². The van der Waals surface area contributed by atoms with Crippen LogP contribution in [0.5, 0.6) is 0 Å². The lowest BCUT2D eigenvalue weighted by Gasteiger charge is -2.29. The van der Waals surface area contributed by atoms with Crippen molar-refractivity contribution in [3.63, 3.8) is 0 Å². The van der Waals surface area contributed by atoms with Crippen molar-refractivity contribution >= 4 is 17.4 Å². The number of benzene rings is 1. The third-order valence-electron chi connectivity index (χ3n) is 3.88. The molecule has 1 aromatic carbocycles. The van der Waals surface area contributed by atoms with Crippen LogP contribution in [0.2, 0.25) is 0 Å². The van der Waals surface area contributed by atoms with E-state index in [2.05, 4.69) is 17.6 Å². The molecule has 19 heavy (non-hydrogen) atoms. The molecule has 1 saturated carbocycles. The number of anilines is 2. The summed E-state index contributed by atoms with van der Waals surface area (Å²) in [5, 5.41) is 6.14.